The molecule has 0 fully saturated rings. The van der Waals surface area contributed by atoms with Crippen molar-refractivity contribution in [1.29, 1.82) is 0 Å². The Morgan fingerprint density at radius 1 is 1.37 bits per heavy atom. The van der Waals surface area contributed by atoms with Crippen LogP contribution in [0.1, 0.15) is 49.2 Å². The Morgan fingerprint density at radius 3 is 2.95 bits per heavy atom. The highest BCUT2D eigenvalue weighted by Crippen LogP contribution is 2.24. The first-order valence-corrected chi connectivity index (χ1v) is 7.52. The van der Waals surface area contributed by atoms with E-state index in [-0.39, 0.29) is 0 Å². The van der Waals surface area contributed by atoms with E-state index < -0.39 is 6.10 Å². The van der Waals surface area contributed by atoms with Crippen molar-refractivity contribution in [3.05, 3.63) is 28.8 Å². The first kappa shape index (κ1) is 14.1. The standard InChI is InChI=1S/C13H20N4OS/c1-3-5-10-13(19-16-15-10)11(18)9-12-14-6-8-17(12)7-4-2/h6,8,11,18H,3-5,7,9H2,1-2H3. The molecule has 2 aromatic heterocycles. The highest BCUT2D eigenvalue weighted by Gasteiger charge is 2.18. The first-order chi connectivity index (χ1) is 9.26. The number of aromatic nitrogens is 4. The van der Waals surface area contributed by atoms with E-state index >= 15 is 0 Å². The maximum atomic E-state index is 10.4. The van der Waals surface area contributed by atoms with Gasteiger partial charge in [-0.05, 0) is 24.4 Å². The van der Waals surface area contributed by atoms with E-state index in [0.29, 0.717) is 6.42 Å². The number of imidazole rings is 1. The minimum atomic E-state index is -0.556. The minimum Gasteiger partial charge on any atom is -0.387 e. The lowest BCUT2D eigenvalue weighted by atomic mass is 10.1. The van der Waals surface area contributed by atoms with Crippen molar-refractivity contribution in [2.24, 2.45) is 0 Å². The fraction of sp³-hybridized carbons (Fsp3) is 0.615. The van der Waals surface area contributed by atoms with Crippen LogP contribution in [0.4, 0.5) is 0 Å². The number of hydrogen-bond acceptors (Lipinski definition) is 5. The molecular weight excluding hydrogens is 260 g/mol. The summed E-state index contributed by atoms with van der Waals surface area (Å²) in [5.74, 6) is 0.921. The van der Waals surface area contributed by atoms with E-state index in [2.05, 4.69) is 33.0 Å². The largest absolute Gasteiger partial charge is 0.387 e. The molecule has 0 saturated heterocycles. The monoisotopic (exact) mass is 280 g/mol. The van der Waals surface area contributed by atoms with Gasteiger partial charge in [0.15, 0.2) is 0 Å². The average Bonchev–Trinajstić information content (AvgIpc) is 3.00. The van der Waals surface area contributed by atoms with E-state index in [1.165, 1.54) is 11.5 Å². The molecule has 1 N–H and O–H groups in total. The molecule has 2 rings (SSSR count). The van der Waals surface area contributed by atoms with Crippen LogP contribution in [-0.4, -0.2) is 24.2 Å². The highest BCUT2D eigenvalue weighted by molar-refractivity contribution is 7.05. The third-order valence-corrected chi connectivity index (χ3v) is 3.88. The van der Waals surface area contributed by atoms with Gasteiger partial charge in [-0.1, -0.05) is 24.8 Å². The van der Waals surface area contributed by atoms with E-state index in [9.17, 15) is 5.11 Å². The lowest BCUT2D eigenvalue weighted by Crippen LogP contribution is -2.09. The lowest BCUT2D eigenvalue weighted by Gasteiger charge is -2.11. The van der Waals surface area contributed by atoms with Gasteiger partial charge in [-0.2, -0.15) is 0 Å². The summed E-state index contributed by atoms with van der Waals surface area (Å²) in [5.41, 5.74) is 0.925. The van der Waals surface area contributed by atoms with Gasteiger partial charge in [0.2, 0.25) is 0 Å². The summed E-state index contributed by atoms with van der Waals surface area (Å²) in [6.07, 6.45) is 6.65. The van der Waals surface area contributed by atoms with Gasteiger partial charge in [-0.25, -0.2) is 4.98 Å². The SMILES string of the molecule is CCCc1nnsc1C(O)Cc1nccn1CCC. The average molecular weight is 280 g/mol. The van der Waals surface area contributed by atoms with Crippen LogP contribution >= 0.6 is 11.5 Å². The molecule has 2 heterocycles. The van der Waals surface area contributed by atoms with Crippen molar-refractivity contribution < 1.29 is 5.11 Å². The van der Waals surface area contributed by atoms with Gasteiger partial charge < -0.3 is 9.67 Å². The number of rotatable bonds is 7. The predicted octanol–water partition coefficient (Wildman–Crippen LogP) is 2.37. The molecule has 104 valence electrons. The Labute approximate surface area is 117 Å². The second-order valence-electron chi connectivity index (χ2n) is 4.59. The van der Waals surface area contributed by atoms with Crippen LogP contribution in [0.5, 0.6) is 0 Å². The molecule has 5 nitrogen and oxygen atoms in total. The van der Waals surface area contributed by atoms with Gasteiger partial charge in [-0.15, -0.1) is 5.10 Å². The normalized spacial score (nSPS) is 12.8. The lowest BCUT2D eigenvalue weighted by molar-refractivity contribution is 0.177. The smallest absolute Gasteiger partial charge is 0.111 e. The van der Waals surface area contributed by atoms with E-state index in [1.54, 1.807) is 6.20 Å². The molecule has 19 heavy (non-hydrogen) atoms. The van der Waals surface area contributed by atoms with Gasteiger partial charge in [0.1, 0.15) is 5.82 Å². The summed E-state index contributed by atoms with van der Waals surface area (Å²) in [4.78, 5) is 5.21. The van der Waals surface area contributed by atoms with Crippen molar-refractivity contribution in [1.82, 2.24) is 19.1 Å². The van der Waals surface area contributed by atoms with Crippen LogP contribution in [0.3, 0.4) is 0 Å². The molecule has 1 unspecified atom stereocenters. The van der Waals surface area contributed by atoms with Crippen molar-refractivity contribution in [3.63, 3.8) is 0 Å². The summed E-state index contributed by atoms with van der Waals surface area (Å²) >= 11 is 1.29. The second-order valence-corrected chi connectivity index (χ2v) is 5.38. The van der Waals surface area contributed by atoms with Crippen LogP contribution in [0.25, 0.3) is 0 Å². The van der Waals surface area contributed by atoms with Crippen LogP contribution in [0.2, 0.25) is 0 Å². The quantitative estimate of drug-likeness (QED) is 0.845. The molecule has 0 radical (unpaired) electrons. The Morgan fingerprint density at radius 2 is 2.21 bits per heavy atom. The third-order valence-electron chi connectivity index (χ3n) is 3.02. The summed E-state index contributed by atoms with van der Waals surface area (Å²) in [6, 6.07) is 0. The summed E-state index contributed by atoms with van der Waals surface area (Å²) < 4.78 is 6.05. The fourth-order valence-corrected chi connectivity index (χ4v) is 2.80. The number of aryl methyl sites for hydroxylation is 2. The Kier molecular flexibility index (Phi) is 5.04. The van der Waals surface area contributed by atoms with E-state index in [0.717, 1.165) is 42.2 Å². The van der Waals surface area contributed by atoms with Crippen molar-refractivity contribution in [3.8, 4) is 0 Å². The molecule has 0 aromatic carbocycles. The van der Waals surface area contributed by atoms with Crippen LogP contribution in [0, 0.1) is 0 Å². The zero-order valence-corrected chi connectivity index (χ0v) is 12.2. The van der Waals surface area contributed by atoms with E-state index in [1.807, 2.05) is 6.20 Å². The van der Waals surface area contributed by atoms with Crippen molar-refractivity contribution >= 4 is 11.5 Å². The minimum absolute atomic E-state index is 0.521. The van der Waals surface area contributed by atoms with E-state index in [4.69, 9.17) is 0 Å². The summed E-state index contributed by atoms with van der Waals surface area (Å²) in [7, 11) is 0. The van der Waals surface area contributed by atoms with Crippen LogP contribution in [-0.2, 0) is 19.4 Å². The van der Waals surface area contributed by atoms with Crippen LogP contribution < -0.4 is 0 Å². The van der Waals surface area contributed by atoms with Gasteiger partial charge in [0.05, 0.1) is 16.7 Å². The number of aliphatic hydroxyl groups is 1. The van der Waals surface area contributed by atoms with Gasteiger partial charge in [0.25, 0.3) is 0 Å². The highest BCUT2D eigenvalue weighted by atomic mass is 32.1. The fourth-order valence-electron chi connectivity index (χ4n) is 2.12. The molecule has 2 aromatic rings. The molecule has 0 aliphatic carbocycles. The maximum Gasteiger partial charge on any atom is 0.111 e. The molecular formula is C13H20N4OS. The Hall–Kier alpha value is -1.27. The molecule has 1 atom stereocenters. The zero-order valence-electron chi connectivity index (χ0n) is 11.4. The second kappa shape index (κ2) is 6.77. The zero-order chi connectivity index (χ0) is 13.7. The number of nitrogens with zero attached hydrogens (tertiary/aromatic N) is 4. The summed E-state index contributed by atoms with van der Waals surface area (Å²) in [5, 5.41) is 14.5. The number of aliphatic hydroxyl groups excluding tert-OH is 1. The van der Waals surface area contributed by atoms with Crippen molar-refractivity contribution in [2.75, 3.05) is 0 Å². The van der Waals surface area contributed by atoms with Gasteiger partial charge >= 0.3 is 0 Å². The predicted molar refractivity (Wildman–Crippen MR) is 75.1 cm³/mol. The third kappa shape index (κ3) is 3.39. The summed E-state index contributed by atoms with van der Waals surface area (Å²) in [6.45, 7) is 5.17. The van der Waals surface area contributed by atoms with Gasteiger partial charge in [-0.3, -0.25) is 0 Å². The number of hydrogen-bond donors (Lipinski definition) is 1. The first-order valence-electron chi connectivity index (χ1n) is 6.75. The molecule has 0 saturated carbocycles. The molecule has 0 spiro atoms. The molecule has 0 amide bonds. The molecule has 0 bridgehead atoms. The Balaban J connectivity index is 2.09. The van der Waals surface area contributed by atoms with Gasteiger partial charge in [0, 0.05) is 25.4 Å². The van der Waals surface area contributed by atoms with Crippen LogP contribution in [0.15, 0.2) is 12.4 Å². The molecule has 0 aliphatic heterocycles. The molecule has 6 heteroatoms. The van der Waals surface area contributed by atoms with Crippen molar-refractivity contribution in [2.45, 2.75) is 52.2 Å². The maximum absolute atomic E-state index is 10.4. The molecule has 0 aliphatic rings. The Bertz CT molecular complexity index is 508. The topological polar surface area (TPSA) is 63.8 Å².